The second kappa shape index (κ2) is 6.74. The predicted octanol–water partition coefficient (Wildman–Crippen LogP) is 0.628. The molecule has 1 amide bonds. The fraction of sp³-hybridized carbons (Fsp3) is 0.167. The largest absolute Gasteiger partial charge is 0.319 e. The van der Waals surface area contributed by atoms with E-state index < -0.39 is 10.8 Å². The van der Waals surface area contributed by atoms with Gasteiger partial charge < -0.3 is 5.32 Å². The van der Waals surface area contributed by atoms with Gasteiger partial charge in [0.05, 0.1) is 29.6 Å². The number of rotatable bonds is 5. The van der Waals surface area contributed by atoms with Crippen LogP contribution in [-0.4, -0.2) is 23.9 Å². The van der Waals surface area contributed by atoms with Crippen LogP contribution in [0, 0.1) is 33.8 Å². The smallest absolute Gasteiger partial charge is 0.294 e. The Balaban J connectivity index is 2.84. The minimum atomic E-state index is -0.661. The van der Waals surface area contributed by atoms with E-state index in [2.05, 4.69) is 16.6 Å². The molecule has 0 bridgehead atoms. The van der Waals surface area contributed by atoms with E-state index >= 15 is 0 Å². The van der Waals surface area contributed by atoms with Gasteiger partial charge in [-0.25, -0.2) is 0 Å². The minimum absolute atomic E-state index is 0.0384. The average Bonchev–Trinajstić information content (AvgIpc) is 2.39. The second-order valence-electron chi connectivity index (χ2n) is 3.46. The number of carbonyl (C=O) groups excluding carboxylic acids is 1. The Bertz CT molecular complexity index is 584. The quantitative estimate of drug-likeness (QED) is 0.348. The molecule has 0 heterocycles. The number of carbonyl (C=O) groups is 1. The van der Waals surface area contributed by atoms with E-state index in [1.165, 1.54) is 12.1 Å². The lowest BCUT2D eigenvalue weighted by Gasteiger charge is -2.06. The molecular weight excluding hydrogens is 248 g/mol. The highest BCUT2D eigenvalue weighted by Gasteiger charge is 2.16. The maximum Gasteiger partial charge on any atom is 0.294 e. The van der Waals surface area contributed by atoms with E-state index in [1.807, 2.05) is 0 Å². The third kappa shape index (κ3) is 4.11. The van der Waals surface area contributed by atoms with E-state index in [0.29, 0.717) is 0 Å². The number of nitrogens with one attached hydrogen (secondary N) is 2. The molecule has 0 unspecified atom stereocenters. The maximum absolute atomic E-state index is 11.5. The number of nitriles is 1. The molecule has 96 valence electrons. The SMILES string of the molecule is C#CCNCC(=O)Nc1ccc(C#N)cc1[N+](=O)[O-]. The number of terminal acetylenes is 1. The third-order valence-corrected chi connectivity index (χ3v) is 2.11. The summed E-state index contributed by atoms with van der Waals surface area (Å²) in [6.45, 7) is 0.171. The molecule has 0 atom stereocenters. The Kier molecular flexibility index (Phi) is 5.03. The van der Waals surface area contributed by atoms with E-state index in [0.717, 1.165) is 6.07 Å². The predicted molar refractivity (Wildman–Crippen MR) is 68.1 cm³/mol. The summed E-state index contributed by atoms with van der Waals surface area (Å²) in [5.41, 5.74) is -0.143. The van der Waals surface area contributed by atoms with Crippen LogP contribution in [0.4, 0.5) is 11.4 Å². The molecule has 0 saturated heterocycles. The molecule has 0 aliphatic rings. The van der Waals surface area contributed by atoms with Crippen molar-refractivity contribution in [1.29, 1.82) is 5.26 Å². The summed E-state index contributed by atoms with van der Waals surface area (Å²) in [6, 6.07) is 5.60. The first-order valence-corrected chi connectivity index (χ1v) is 5.21. The van der Waals surface area contributed by atoms with E-state index in [1.54, 1.807) is 6.07 Å². The maximum atomic E-state index is 11.5. The average molecular weight is 258 g/mol. The molecule has 0 aromatic heterocycles. The summed E-state index contributed by atoms with van der Waals surface area (Å²) in [4.78, 5) is 21.7. The number of hydrogen-bond donors (Lipinski definition) is 2. The monoisotopic (exact) mass is 258 g/mol. The van der Waals surface area contributed by atoms with Crippen molar-refractivity contribution in [2.45, 2.75) is 0 Å². The molecule has 0 fully saturated rings. The summed E-state index contributed by atoms with van der Waals surface area (Å²) >= 11 is 0. The summed E-state index contributed by atoms with van der Waals surface area (Å²) in [6.07, 6.45) is 5.00. The molecule has 0 spiro atoms. The Hall–Kier alpha value is -2.90. The van der Waals surface area contributed by atoms with Gasteiger partial charge in [-0.3, -0.25) is 20.2 Å². The zero-order chi connectivity index (χ0) is 14.3. The van der Waals surface area contributed by atoms with Gasteiger partial charge in [0.2, 0.25) is 5.91 Å². The van der Waals surface area contributed by atoms with Crippen LogP contribution in [0.5, 0.6) is 0 Å². The molecular formula is C12H10N4O3. The fourth-order valence-corrected chi connectivity index (χ4v) is 1.30. The van der Waals surface area contributed by atoms with Gasteiger partial charge in [0.1, 0.15) is 5.69 Å². The molecule has 1 aromatic carbocycles. The molecule has 1 rings (SSSR count). The van der Waals surface area contributed by atoms with Crippen molar-refractivity contribution in [3.63, 3.8) is 0 Å². The van der Waals surface area contributed by atoms with Crippen molar-refractivity contribution in [2.75, 3.05) is 18.4 Å². The van der Waals surface area contributed by atoms with Gasteiger partial charge >= 0.3 is 0 Å². The van der Waals surface area contributed by atoms with Crippen LogP contribution in [0.15, 0.2) is 18.2 Å². The van der Waals surface area contributed by atoms with Gasteiger partial charge in [-0.05, 0) is 12.1 Å². The Morgan fingerprint density at radius 3 is 2.84 bits per heavy atom. The number of nitro benzene ring substituents is 1. The molecule has 0 aliphatic heterocycles. The molecule has 0 aliphatic carbocycles. The number of nitro groups is 1. The first-order chi connectivity index (χ1) is 9.08. The van der Waals surface area contributed by atoms with Gasteiger partial charge in [0.25, 0.3) is 5.69 Å². The normalized spacial score (nSPS) is 9.16. The lowest BCUT2D eigenvalue weighted by Crippen LogP contribution is -2.28. The first-order valence-electron chi connectivity index (χ1n) is 5.21. The van der Waals surface area contributed by atoms with Gasteiger partial charge in [0.15, 0.2) is 0 Å². The van der Waals surface area contributed by atoms with E-state index in [9.17, 15) is 14.9 Å². The molecule has 7 heteroatoms. The van der Waals surface area contributed by atoms with E-state index in [4.69, 9.17) is 11.7 Å². The molecule has 0 saturated carbocycles. The van der Waals surface area contributed by atoms with Crippen molar-refractivity contribution >= 4 is 17.3 Å². The number of amides is 1. The highest BCUT2D eigenvalue weighted by atomic mass is 16.6. The first kappa shape index (κ1) is 14.2. The van der Waals surface area contributed by atoms with Crippen LogP contribution in [0.3, 0.4) is 0 Å². The lowest BCUT2D eigenvalue weighted by atomic mass is 10.2. The number of anilines is 1. The Labute approximate surface area is 109 Å². The topological polar surface area (TPSA) is 108 Å². The van der Waals surface area contributed by atoms with Crippen LogP contribution in [0.25, 0.3) is 0 Å². The molecule has 7 nitrogen and oxygen atoms in total. The van der Waals surface area contributed by atoms with Crippen molar-refractivity contribution in [2.24, 2.45) is 0 Å². The summed E-state index contributed by atoms with van der Waals surface area (Å²) in [5, 5.41) is 24.5. The van der Waals surface area contributed by atoms with Gasteiger partial charge in [-0.1, -0.05) is 5.92 Å². The molecule has 1 aromatic rings. The highest BCUT2D eigenvalue weighted by Crippen LogP contribution is 2.25. The standard InChI is InChI=1S/C12H10N4O3/c1-2-5-14-8-12(17)15-10-4-3-9(7-13)6-11(10)16(18)19/h1,3-4,6,14H,5,8H2,(H,15,17). The Morgan fingerprint density at radius 2 is 2.26 bits per heavy atom. The molecule has 0 radical (unpaired) electrons. The van der Waals surface area contributed by atoms with Crippen molar-refractivity contribution in [3.8, 4) is 18.4 Å². The zero-order valence-electron chi connectivity index (χ0n) is 9.84. The number of benzene rings is 1. The fourth-order valence-electron chi connectivity index (χ4n) is 1.30. The molecule has 2 N–H and O–H groups in total. The van der Waals surface area contributed by atoms with E-state index in [-0.39, 0.29) is 30.0 Å². The van der Waals surface area contributed by atoms with Gasteiger partial charge in [-0.2, -0.15) is 5.26 Å². The van der Waals surface area contributed by atoms with Crippen molar-refractivity contribution < 1.29 is 9.72 Å². The third-order valence-electron chi connectivity index (χ3n) is 2.11. The summed E-state index contributed by atoms with van der Waals surface area (Å²) in [7, 11) is 0. The van der Waals surface area contributed by atoms with Crippen LogP contribution in [0.2, 0.25) is 0 Å². The number of nitrogens with zero attached hydrogens (tertiary/aromatic N) is 2. The summed E-state index contributed by atoms with van der Waals surface area (Å²) in [5.74, 6) is 1.84. The zero-order valence-corrected chi connectivity index (χ0v) is 9.84. The Morgan fingerprint density at radius 1 is 1.53 bits per heavy atom. The van der Waals surface area contributed by atoms with Crippen molar-refractivity contribution in [3.05, 3.63) is 33.9 Å². The lowest BCUT2D eigenvalue weighted by molar-refractivity contribution is -0.383. The minimum Gasteiger partial charge on any atom is -0.319 e. The van der Waals surface area contributed by atoms with Crippen molar-refractivity contribution in [1.82, 2.24) is 5.32 Å². The summed E-state index contributed by atoms with van der Waals surface area (Å²) < 4.78 is 0. The van der Waals surface area contributed by atoms with Gasteiger partial charge in [0, 0.05) is 6.07 Å². The van der Waals surface area contributed by atoms with Crippen LogP contribution in [-0.2, 0) is 4.79 Å². The van der Waals surface area contributed by atoms with Crippen LogP contribution >= 0.6 is 0 Å². The van der Waals surface area contributed by atoms with Crippen LogP contribution < -0.4 is 10.6 Å². The second-order valence-corrected chi connectivity index (χ2v) is 3.46. The highest BCUT2D eigenvalue weighted by molar-refractivity contribution is 5.94. The molecule has 19 heavy (non-hydrogen) atoms. The van der Waals surface area contributed by atoms with Crippen LogP contribution in [0.1, 0.15) is 5.56 Å². The van der Waals surface area contributed by atoms with Gasteiger partial charge in [-0.15, -0.1) is 6.42 Å². The number of hydrogen-bond acceptors (Lipinski definition) is 5.